The van der Waals surface area contributed by atoms with Crippen molar-refractivity contribution in [3.63, 3.8) is 0 Å². The van der Waals surface area contributed by atoms with Gasteiger partial charge in [0.2, 0.25) is 0 Å². The van der Waals surface area contributed by atoms with E-state index in [1.807, 2.05) is 18.2 Å². The van der Waals surface area contributed by atoms with E-state index in [-0.39, 0.29) is 5.41 Å². The lowest BCUT2D eigenvalue weighted by molar-refractivity contribution is 0.394. The molecule has 0 spiro atoms. The molecule has 0 radical (unpaired) electrons. The molecule has 0 saturated carbocycles. The van der Waals surface area contributed by atoms with Crippen molar-refractivity contribution in [1.82, 2.24) is 0 Å². The van der Waals surface area contributed by atoms with Gasteiger partial charge in [0.25, 0.3) is 0 Å². The summed E-state index contributed by atoms with van der Waals surface area (Å²) in [4.78, 5) is 0. The predicted octanol–water partition coefficient (Wildman–Crippen LogP) is 3.76. The third kappa shape index (κ3) is 2.78. The van der Waals surface area contributed by atoms with Crippen LogP contribution in [-0.2, 0) is 0 Å². The molecule has 1 rings (SSSR count). The molecule has 0 heterocycles. The third-order valence-corrected chi connectivity index (χ3v) is 2.61. The normalized spacial score (nSPS) is 11.1. The SMILES string of the molecule is C=C(c1cc(OC)cc(OC)c1)C(C)(C)C. The summed E-state index contributed by atoms with van der Waals surface area (Å²) in [5, 5.41) is 0. The fourth-order valence-electron chi connectivity index (χ4n) is 1.41. The minimum absolute atomic E-state index is 0.0391. The van der Waals surface area contributed by atoms with E-state index in [0.717, 1.165) is 22.6 Å². The van der Waals surface area contributed by atoms with Gasteiger partial charge in [-0.3, -0.25) is 0 Å². The minimum Gasteiger partial charge on any atom is -0.497 e. The lowest BCUT2D eigenvalue weighted by atomic mass is 9.83. The van der Waals surface area contributed by atoms with Crippen molar-refractivity contribution in [1.29, 1.82) is 0 Å². The zero-order chi connectivity index (χ0) is 12.3. The summed E-state index contributed by atoms with van der Waals surface area (Å²) in [6, 6.07) is 5.83. The van der Waals surface area contributed by atoms with Crippen LogP contribution in [0.2, 0.25) is 0 Å². The van der Waals surface area contributed by atoms with Crippen molar-refractivity contribution in [3.05, 3.63) is 30.3 Å². The summed E-state index contributed by atoms with van der Waals surface area (Å²) in [7, 11) is 3.30. The smallest absolute Gasteiger partial charge is 0.123 e. The van der Waals surface area contributed by atoms with Gasteiger partial charge in [0.1, 0.15) is 11.5 Å². The highest BCUT2D eigenvalue weighted by Crippen LogP contribution is 2.35. The Labute approximate surface area is 97.9 Å². The Kier molecular flexibility index (Phi) is 3.63. The highest BCUT2D eigenvalue weighted by molar-refractivity contribution is 5.69. The van der Waals surface area contributed by atoms with Crippen LogP contribution in [0.3, 0.4) is 0 Å². The Morgan fingerprint density at radius 3 is 1.75 bits per heavy atom. The number of methoxy groups -OCH3 is 2. The molecule has 0 unspecified atom stereocenters. The van der Waals surface area contributed by atoms with Crippen LogP contribution < -0.4 is 9.47 Å². The summed E-state index contributed by atoms with van der Waals surface area (Å²) in [5.74, 6) is 1.58. The summed E-state index contributed by atoms with van der Waals surface area (Å²) in [6.07, 6.45) is 0. The van der Waals surface area contributed by atoms with E-state index in [1.54, 1.807) is 14.2 Å². The summed E-state index contributed by atoms with van der Waals surface area (Å²) >= 11 is 0. The molecule has 0 aliphatic carbocycles. The van der Waals surface area contributed by atoms with Crippen LogP contribution in [-0.4, -0.2) is 14.2 Å². The molecule has 0 bridgehead atoms. The molecule has 0 N–H and O–H groups in total. The molecule has 0 aliphatic rings. The second-order valence-corrected chi connectivity index (χ2v) is 4.83. The Morgan fingerprint density at radius 2 is 1.44 bits per heavy atom. The molecule has 2 nitrogen and oxygen atoms in total. The Bertz CT molecular complexity index is 364. The molecule has 0 amide bonds. The van der Waals surface area contributed by atoms with Crippen molar-refractivity contribution >= 4 is 5.57 Å². The minimum atomic E-state index is 0.0391. The van der Waals surface area contributed by atoms with E-state index in [9.17, 15) is 0 Å². The number of rotatable bonds is 3. The van der Waals surface area contributed by atoms with Crippen LogP contribution in [0.5, 0.6) is 11.5 Å². The summed E-state index contributed by atoms with van der Waals surface area (Å²) < 4.78 is 10.5. The van der Waals surface area contributed by atoms with Crippen molar-refractivity contribution in [2.75, 3.05) is 14.2 Å². The van der Waals surface area contributed by atoms with E-state index in [0.29, 0.717) is 0 Å². The van der Waals surface area contributed by atoms with Gasteiger partial charge in [-0.15, -0.1) is 0 Å². The molecule has 2 heteroatoms. The number of hydrogen-bond donors (Lipinski definition) is 0. The zero-order valence-electron chi connectivity index (χ0n) is 10.8. The third-order valence-electron chi connectivity index (χ3n) is 2.61. The van der Waals surface area contributed by atoms with Crippen LogP contribution in [0.4, 0.5) is 0 Å². The molecule has 1 aromatic rings. The van der Waals surface area contributed by atoms with Crippen molar-refractivity contribution in [2.24, 2.45) is 5.41 Å². The quantitative estimate of drug-likeness (QED) is 0.772. The largest absolute Gasteiger partial charge is 0.497 e. The standard InChI is InChI=1S/C14H20O2/c1-10(14(2,3)4)11-7-12(15-5)9-13(8-11)16-6/h7-9H,1H2,2-6H3. The van der Waals surface area contributed by atoms with E-state index in [1.165, 1.54) is 0 Å². The maximum atomic E-state index is 5.24. The first kappa shape index (κ1) is 12.6. The van der Waals surface area contributed by atoms with Gasteiger partial charge in [-0.05, 0) is 28.7 Å². The molecule has 0 aliphatic heterocycles. The van der Waals surface area contributed by atoms with Crippen LogP contribution in [0, 0.1) is 5.41 Å². The maximum Gasteiger partial charge on any atom is 0.123 e. The second-order valence-electron chi connectivity index (χ2n) is 4.83. The van der Waals surface area contributed by atoms with Crippen LogP contribution in [0.1, 0.15) is 26.3 Å². The van der Waals surface area contributed by atoms with Crippen molar-refractivity contribution in [3.8, 4) is 11.5 Å². The number of hydrogen-bond acceptors (Lipinski definition) is 2. The highest BCUT2D eigenvalue weighted by Gasteiger charge is 2.17. The Balaban J connectivity index is 3.18. The molecule has 1 aromatic carbocycles. The highest BCUT2D eigenvalue weighted by atomic mass is 16.5. The van der Waals surface area contributed by atoms with Gasteiger partial charge in [0, 0.05) is 6.07 Å². The first-order chi connectivity index (χ1) is 7.38. The number of ether oxygens (including phenoxy) is 2. The van der Waals surface area contributed by atoms with Gasteiger partial charge in [-0.2, -0.15) is 0 Å². The zero-order valence-corrected chi connectivity index (χ0v) is 10.8. The van der Waals surface area contributed by atoms with E-state index >= 15 is 0 Å². The molecular weight excluding hydrogens is 200 g/mol. The first-order valence-corrected chi connectivity index (χ1v) is 5.31. The fraction of sp³-hybridized carbons (Fsp3) is 0.429. The van der Waals surface area contributed by atoms with Gasteiger partial charge >= 0.3 is 0 Å². The van der Waals surface area contributed by atoms with Gasteiger partial charge < -0.3 is 9.47 Å². The lowest BCUT2D eigenvalue weighted by Crippen LogP contribution is -2.07. The van der Waals surface area contributed by atoms with Gasteiger partial charge in [-0.1, -0.05) is 27.4 Å². The molecule has 0 saturated heterocycles. The predicted molar refractivity (Wildman–Crippen MR) is 68.0 cm³/mol. The molecule has 0 aromatic heterocycles. The number of benzene rings is 1. The van der Waals surface area contributed by atoms with E-state index in [2.05, 4.69) is 27.4 Å². The van der Waals surface area contributed by atoms with Crippen LogP contribution in [0.15, 0.2) is 24.8 Å². The van der Waals surface area contributed by atoms with Crippen LogP contribution in [0.25, 0.3) is 5.57 Å². The van der Waals surface area contributed by atoms with Crippen LogP contribution >= 0.6 is 0 Å². The van der Waals surface area contributed by atoms with Crippen molar-refractivity contribution in [2.45, 2.75) is 20.8 Å². The average molecular weight is 220 g/mol. The van der Waals surface area contributed by atoms with Gasteiger partial charge in [0.05, 0.1) is 14.2 Å². The van der Waals surface area contributed by atoms with E-state index in [4.69, 9.17) is 9.47 Å². The van der Waals surface area contributed by atoms with Gasteiger partial charge in [-0.25, -0.2) is 0 Å². The molecular formula is C14H20O2. The number of allylic oxidation sites excluding steroid dienone is 1. The Morgan fingerprint density at radius 1 is 1.00 bits per heavy atom. The molecule has 16 heavy (non-hydrogen) atoms. The van der Waals surface area contributed by atoms with E-state index < -0.39 is 0 Å². The summed E-state index contributed by atoms with van der Waals surface area (Å²) in [6.45, 7) is 10.6. The molecule has 88 valence electrons. The fourth-order valence-corrected chi connectivity index (χ4v) is 1.41. The lowest BCUT2D eigenvalue weighted by Gasteiger charge is -2.22. The summed E-state index contributed by atoms with van der Waals surface area (Å²) in [5.41, 5.74) is 2.17. The Hall–Kier alpha value is -1.44. The maximum absolute atomic E-state index is 5.24. The first-order valence-electron chi connectivity index (χ1n) is 5.31. The average Bonchev–Trinajstić information content (AvgIpc) is 2.26. The second kappa shape index (κ2) is 4.60. The monoisotopic (exact) mass is 220 g/mol. The van der Waals surface area contributed by atoms with Crippen molar-refractivity contribution < 1.29 is 9.47 Å². The molecule has 0 fully saturated rings. The molecule has 0 atom stereocenters. The topological polar surface area (TPSA) is 18.5 Å². The van der Waals surface area contributed by atoms with Gasteiger partial charge in [0.15, 0.2) is 0 Å².